The number of carboxylic acid groups (broad SMARTS) is 1. The molecule has 1 aliphatic rings. The predicted octanol–water partition coefficient (Wildman–Crippen LogP) is 1.04. The number of carboxylic acids is 1. The molecule has 122 valence electrons. The van der Waals surface area contributed by atoms with Crippen LogP contribution in [0.3, 0.4) is 0 Å². The van der Waals surface area contributed by atoms with E-state index in [-0.39, 0.29) is 25.5 Å². The van der Waals surface area contributed by atoms with Crippen LogP contribution in [0.25, 0.3) is 11.4 Å². The number of ether oxygens (including phenoxy) is 1. The number of amides is 1. The Morgan fingerprint density at radius 2 is 2.35 bits per heavy atom. The highest BCUT2D eigenvalue weighted by Gasteiger charge is 2.28. The van der Waals surface area contributed by atoms with Gasteiger partial charge in [0, 0.05) is 30.3 Å². The Labute approximate surface area is 135 Å². The standard InChI is InChI=1S/C14H15N3O5S/c18-12(17-4-5-21-10(7-17)14(19)20)2-1-11-15-13(16-22-11)9-3-6-23-8-9/h3,6,8,10H,1-2,4-5,7H2,(H,19,20). The summed E-state index contributed by atoms with van der Waals surface area (Å²) in [7, 11) is 0. The normalized spacial score (nSPS) is 18.1. The van der Waals surface area contributed by atoms with Crippen molar-refractivity contribution in [1.29, 1.82) is 0 Å². The van der Waals surface area contributed by atoms with Gasteiger partial charge in [0.25, 0.3) is 0 Å². The minimum Gasteiger partial charge on any atom is -0.479 e. The van der Waals surface area contributed by atoms with Crippen molar-refractivity contribution in [2.45, 2.75) is 18.9 Å². The van der Waals surface area contributed by atoms with Crippen LogP contribution in [-0.2, 0) is 20.7 Å². The van der Waals surface area contributed by atoms with Crippen molar-refractivity contribution in [3.63, 3.8) is 0 Å². The number of carbonyl (C=O) groups is 2. The van der Waals surface area contributed by atoms with E-state index in [0.29, 0.717) is 24.7 Å². The van der Waals surface area contributed by atoms with Gasteiger partial charge in [-0.25, -0.2) is 4.79 Å². The first-order chi connectivity index (χ1) is 11.1. The number of nitrogens with zero attached hydrogens (tertiary/aromatic N) is 3. The molecule has 0 radical (unpaired) electrons. The number of hydrogen-bond acceptors (Lipinski definition) is 7. The Balaban J connectivity index is 1.54. The third-order valence-electron chi connectivity index (χ3n) is 3.49. The monoisotopic (exact) mass is 337 g/mol. The molecule has 1 fully saturated rings. The van der Waals surface area contributed by atoms with Crippen molar-refractivity contribution >= 4 is 23.2 Å². The second kappa shape index (κ2) is 6.88. The van der Waals surface area contributed by atoms with Crippen molar-refractivity contribution in [2.75, 3.05) is 19.7 Å². The summed E-state index contributed by atoms with van der Waals surface area (Å²) in [6.45, 7) is 0.691. The molecule has 2 aromatic heterocycles. The molecule has 8 nitrogen and oxygen atoms in total. The van der Waals surface area contributed by atoms with Gasteiger partial charge < -0.3 is 19.3 Å². The predicted molar refractivity (Wildman–Crippen MR) is 79.9 cm³/mol. The summed E-state index contributed by atoms with van der Waals surface area (Å²) < 4.78 is 10.2. The average Bonchev–Trinajstić information content (AvgIpc) is 3.23. The summed E-state index contributed by atoms with van der Waals surface area (Å²) in [5.41, 5.74) is 0.883. The fraction of sp³-hybridized carbons (Fsp3) is 0.429. The highest BCUT2D eigenvalue weighted by Crippen LogP contribution is 2.19. The molecule has 3 heterocycles. The lowest BCUT2D eigenvalue weighted by molar-refractivity contribution is -0.159. The highest BCUT2D eigenvalue weighted by atomic mass is 32.1. The summed E-state index contributed by atoms with van der Waals surface area (Å²) in [5, 5.41) is 16.7. The maximum absolute atomic E-state index is 12.2. The molecule has 9 heteroatoms. The van der Waals surface area contributed by atoms with Crippen LogP contribution in [-0.4, -0.2) is 57.8 Å². The van der Waals surface area contributed by atoms with E-state index in [9.17, 15) is 9.59 Å². The number of rotatable bonds is 5. The fourth-order valence-electron chi connectivity index (χ4n) is 2.26. The number of morpholine rings is 1. The van der Waals surface area contributed by atoms with Gasteiger partial charge in [-0.1, -0.05) is 5.16 Å². The SMILES string of the molecule is O=C(O)C1CN(C(=O)CCc2nc(-c3ccsc3)no2)CCO1. The van der Waals surface area contributed by atoms with Crippen LogP contribution in [0.15, 0.2) is 21.3 Å². The van der Waals surface area contributed by atoms with E-state index in [2.05, 4.69) is 10.1 Å². The van der Waals surface area contributed by atoms with Gasteiger partial charge in [-0.15, -0.1) is 0 Å². The third-order valence-corrected chi connectivity index (χ3v) is 4.18. The van der Waals surface area contributed by atoms with E-state index < -0.39 is 12.1 Å². The average molecular weight is 337 g/mol. The molecule has 0 spiro atoms. The highest BCUT2D eigenvalue weighted by molar-refractivity contribution is 7.08. The quantitative estimate of drug-likeness (QED) is 0.869. The van der Waals surface area contributed by atoms with Gasteiger partial charge in [0.1, 0.15) is 0 Å². The number of aliphatic carboxylic acids is 1. The van der Waals surface area contributed by atoms with Crippen LogP contribution in [0, 0.1) is 0 Å². The lowest BCUT2D eigenvalue weighted by Gasteiger charge is -2.30. The molecule has 0 aliphatic carbocycles. The largest absolute Gasteiger partial charge is 0.479 e. The molecule has 0 saturated carbocycles. The number of hydrogen-bond donors (Lipinski definition) is 1. The summed E-state index contributed by atoms with van der Waals surface area (Å²) in [5.74, 6) is -0.303. The van der Waals surface area contributed by atoms with Gasteiger partial charge in [-0.05, 0) is 11.4 Å². The Kier molecular flexibility index (Phi) is 4.68. The molecule has 1 N–H and O–H groups in total. The maximum atomic E-state index is 12.2. The smallest absolute Gasteiger partial charge is 0.334 e. The first-order valence-electron chi connectivity index (χ1n) is 7.11. The van der Waals surface area contributed by atoms with E-state index in [4.69, 9.17) is 14.4 Å². The van der Waals surface area contributed by atoms with E-state index in [1.165, 1.54) is 4.90 Å². The molecule has 1 aliphatic heterocycles. The van der Waals surface area contributed by atoms with Crippen LogP contribution >= 0.6 is 11.3 Å². The van der Waals surface area contributed by atoms with Crippen molar-refractivity contribution in [1.82, 2.24) is 15.0 Å². The third kappa shape index (κ3) is 3.74. The Morgan fingerprint density at radius 3 is 3.09 bits per heavy atom. The Bertz CT molecular complexity index is 684. The van der Waals surface area contributed by atoms with Crippen LogP contribution < -0.4 is 0 Å². The number of carbonyl (C=O) groups excluding carboxylic acids is 1. The van der Waals surface area contributed by atoms with Crippen LogP contribution in [0.4, 0.5) is 0 Å². The van der Waals surface area contributed by atoms with Crippen LogP contribution in [0.2, 0.25) is 0 Å². The first-order valence-corrected chi connectivity index (χ1v) is 8.05. The molecular formula is C14H15N3O5S. The minimum atomic E-state index is -1.06. The zero-order valence-corrected chi connectivity index (χ0v) is 13.0. The lowest BCUT2D eigenvalue weighted by Crippen LogP contribution is -2.48. The molecule has 1 unspecified atom stereocenters. The number of thiophene rings is 1. The van der Waals surface area contributed by atoms with Gasteiger partial charge in [0.05, 0.1) is 13.2 Å². The molecule has 23 heavy (non-hydrogen) atoms. The van der Waals surface area contributed by atoms with Crippen LogP contribution in [0.1, 0.15) is 12.3 Å². The maximum Gasteiger partial charge on any atom is 0.334 e. The zero-order chi connectivity index (χ0) is 16.2. The van der Waals surface area contributed by atoms with Gasteiger partial charge >= 0.3 is 5.97 Å². The Hall–Kier alpha value is -2.26. The van der Waals surface area contributed by atoms with Crippen molar-refractivity contribution in [2.24, 2.45) is 0 Å². The second-order valence-electron chi connectivity index (χ2n) is 5.06. The second-order valence-corrected chi connectivity index (χ2v) is 5.84. The minimum absolute atomic E-state index is 0.0676. The van der Waals surface area contributed by atoms with E-state index in [0.717, 1.165) is 5.56 Å². The molecule has 0 aromatic carbocycles. The van der Waals surface area contributed by atoms with Gasteiger partial charge in [-0.2, -0.15) is 16.3 Å². The summed E-state index contributed by atoms with van der Waals surface area (Å²) in [6, 6.07) is 1.89. The number of aryl methyl sites for hydroxylation is 1. The van der Waals surface area contributed by atoms with Crippen molar-refractivity contribution < 1.29 is 24.0 Å². The fourth-order valence-corrected chi connectivity index (χ4v) is 2.90. The molecule has 0 bridgehead atoms. The van der Waals surface area contributed by atoms with Gasteiger partial charge in [-0.3, -0.25) is 4.79 Å². The lowest BCUT2D eigenvalue weighted by atomic mass is 10.2. The van der Waals surface area contributed by atoms with Gasteiger partial charge in [0.15, 0.2) is 6.10 Å². The van der Waals surface area contributed by atoms with Crippen molar-refractivity contribution in [3.05, 3.63) is 22.7 Å². The number of aromatic nitrogens is 2. The Morgan fingerprint density at radius 1 is 1.48 bits per heavy atom. The van der Waals surface area contributed by atoms with E-state index in [1.807, 2.05) is 16.8 Å². The molecule has 1 amide bonds. The summed E-state index contributed by atoms with van der Waals surface area (Å²) in [4.78, 5) is 28.8. The van der Waals surface area contributed by atoms with Gasteiger partial charge in [0.2, 0.25) is 17.6 Å². The molecule has 1 saturated heterocycles. The van der Waals surface area contributed by atoms with E-state index in [1.54, 1.807) is 11.3 Å². The molecular weight excluding hydrogens is 322 g/mol. The topological polar surface area (TPSA) is 106 Å². The van der Waals surface area contributed by atoms with E-state index >= 15 is 0 Å². The first kappa shape index (κ1) is 15.6. The molecule has 3 rings (SSSR count). The van der Waals surface area contributed by atoms with Crippen molar-refractivity contribution in [3.8, 4) is 11.4 Å². The molecule has 1 atom stereocenters. The van der Waals surface area contributed by atoms with Crippen LogP contribution in [0.5, 0.6) is 0 Å². The zero-order valence-electron chi connectivity index (χ0n) is 12.2. The molecule has 2 aromatic rings. The summed E-state index contributed by atoms with van der Waals surface area (Å²) in [6.07, 6.45) is -0.441. The summed E-state index contributed by atoms with van der Waals surface area (Å²) >= 11 is 1.54.